The van der Waals surface area contributed by atoms with Crippen molar-refractivity contribution in [3.8, 4) is 22.9 Å². The van der Waals surface area contributed by atoms with Gasteiger partial charge in [0.1, 0.15) is 5.75 Å². The monoisotopic (exact) mass is 349 g/mol. The maximum absolute atomic E-state index is 12.4. The van der Waals surface area contributed by atoms with Crippen LogP contribution in [0.2, 0.25) is 0 Å². The van der Waals surface area contributed by atoms with E-state index in [-0.39, 0.29) is 5.75 Å². The minimum absolute atomic E-state index is 0.307. The summed E-state index contributed by atoms with van der Waals surface area (Å²) < 4.78 is 48.1. The zero-order valence-electron chi connectivity index (χ0n) is 13.0. The fraction of sp³-hybridized carbons (Fsp3) is 0.176. The number of fused-ring (bicyclic) bond motifs is 1. The second-order valence-electron chi connectivity index (χ2n) is 5.09. The van der Waals surface area contributed by atoms with Crippen LogP contribution >= 0.6 is 0 Å². The van der Waals surface area contributed by atoms with E-state index in [4.69, 9.17) is 4.74 Å². The average Bonchev–Trinajstić information content (AvgIpc) is 2.97. The molecule has 2 heterocycles. The molecule has 0 spiro atoms. The summed E-state index contributed by atoms with van der Waals surface area (Å²) in [5, 5.41) is 4.32. The van der Waals surface area contributed by atoms with Gasteiger partial charge in [0.25, 0.3) is 0 Å². The van der Waals surface area contributed by atoms with Crippen molar-refractivity contribution >= 4 is 5.65 Å². The molecule has 25 heavy (non-hydrogen) atoms. The molecule has 0 unspecified atom stereocenters. The average molecular weight is 349 g/mol. The van der Waals surface area contributed by atoms with Gasteiger partial charge in [-0.25, -0.2) is 9.50 Å². The molecule has 130 valence electrons. The highest BCUT2D eigenvalue weighted by atomic mass is 19.4. The van der Waals surface area contributed by atoms with E-state index in [0.717, 1.165) is 0 Å². The first-order valence-electron chi connectivity index (χ1n) is 7.41. The summed E-state index contributed by atoms with van der Waals surface area (Å²) in [4.78, 5) is 4.20. The smallest absolute Gasteiger partial charge is 0.476 e. The van der Waals surface area contributed by atoms with Crippen molar-refractivity contribution in [1.29, 1.82) is 0 Å². The lowest BCUT2D eigenvalue weighted by molar-refractivity contribution is -0.274. The van der Waals surface area contributed by atoms with Gasteiger partial charge in [0.2, 0.25) is 5.88 Å². The van der Waals surface area contributed by atoms with Crippen LogP contribution in [0.15, 0.2) is 55.3 Å². The Morgan fingerprint density at radius 2 is 2.04 bits per heavy atom. The molecule has 0 amide bonds. The molecule has 1 aromatic carbocycles. The Kier molecular flexibility index (Phi) is 4.60. The van der Waals surface area contributed by atoms with Gasteiger partial charge in [-0.3, -0.25) is 0 Å². The van der Waals surface area contributed by atoms with Crippen LogP contribution in [0.3, 0.4) is 0 Å². The van der Waals surface area contributed by atoms with Gasteiger partial charge in [-0.1, -0.05) is 18.2 Å². The van der Waals surface area contributed by atoms with E-state index in [2.05, 4.69) is 21.4 Å². The summed E-state index contributed by atoms with van der Waals surface area (Å²) in [6.45, 7) is 4.04. The van der Waals surface area contributed by atoms with Crippen molar-refractivity contribution in [2.45, 2.75) is 12.8 Å². The normalized spacial score (nSPS) is 11.5. The van der Waals surface area contributed by atoms with Crippen molar-refractivity contribution in [2.24, 2.45) is 0 Å². The minimum Gasteiger partial charge on any atom is -0.476 e. The lowest BCUT2D eigenvalue weighted by Gasteiger charge is -2.10. The number of halogens is 3. The number of benzene rings is 1. The molecule has 0 saturated heterocycles. The van der Waals surface area contributed by atoms with Gasteiger partial charge in [0.05, 0.1) is 18.5 Å². The van der Waals surface area contributed by atoms with E-state index in [0.29, 0.717) is 35.8 Å². The predicted molar refractivity (Wildman–Crippen MR) is 85.4 cm³/mol. The topological polar surface area (TPSA) is 48.7 Å². The number of alkyl halides is 3. The van der Waals surface area contributed by atoms with Crippen molar-refractivity contribution in [3.05, 3.63) is 55.3 Å². The number of nitrogens with zero attached hydrogens (tertiary/aromatic N) is 3. The van der Waals surface area contributed by atoms with Gasteiger partial charge in [0.15, 0.2) is 5.65 Å². The van der Waals surface area contributed by atoms with Gasteiger partial charge in [-0.15, -0.1) is 24.8 Å². The molecule has 2 aromatic heterocycles. The molecule has 0 fully saturated rings. The zero-order valence-corrected chi connectivity index (χ0v) is 13.0. The molecule has 0 aliphatic heterocycles. The van der Waals surface area contributed by atoms with E-state index >= 15 is 0 Å². The SMILES string of the molecule is C=CCCOc1ccc2ncc(-c3cccc(OC(F)(F)F)c3)n2n1. The van der Waals surface area contributed by atoms with Crippen molar-refractivity contribution in [3.63, 3.8) is 0 Å². The standard InChI is InChI=1S/C17H14F3N3O2/c1-2-3-9-24-16-8-7-15-21-11-14(23(15)22-16)12-5-4-6-13(10-12)25-17(18,19)20/h2,4-8,10-11H,1,3,9H2. The summed E-state index contributed by atoms with van der Waals surface area (Å²) in [5.74, 6) is 0.0784. The van der Waals surface area contributed by atoms with E-state index in [1.54, 1.807) is 24.3 Å². The fourth-order valence-corrected chi connectivity index (χ4v) is 2.23. The molecular formula is C17H14F3N3O2. The molecule has 0 saturated carbocycles. The van der Waals surface area contributed by atoms with E-state index in [1.165, 1.54) is 28.9 Å². The molecule has 3 aromatic rings. The number of ether oxygens (including phenoxy) is 2. The molecule has 0 N–H and O–H groups in total. The van der Waals surface area contributed by atoms with E-state index in [1.807, 2.05) is 0 Å². The minimum atomic E-state index is -4.75. The number of imidazole rings is 1. The highest BCUT2D eigenvalue weighted by molar-refractivity contribution is 5.64. The number of rotatable bonds is 6. The second-order valence-corrected chi connectivity index (χ2v) is 5.09. The van der Waals surface area contributed by atoms with Crippen molar-refractivity contribution in [1.82, 2.24) is 14.6 Å². The lowest BCUT2D eigenvalue weighted by atomic mass is 10.1. The van der Waals surface area contributed by atoms with Gasteiger partial charge in [0, 0.05) is 11.6 Å². The molecule has 0 radical (unpaired) electrons. The van der Waals surface area contributed by atoms with Gasteiger partial charge in [-0.05, 0) is 24.6 Å². The van der Waals surface area contributed by atoms with Crippen LogP contribution in [-0.4, -0.2) is 27.6 Å². The Labute approximate surface area is 141 Å². The first kappa shape index (κ1) is 16.8. The number of hydrogen-bond acceptors (Lipinski definition) is 4. The van der Waals surface area contributed by atoms with Gasteiger partial charge in [-0.2, -0.15) is 0 Å². The van der Waals surface area contributed by atoms with Crippen LogP contribution in [0, 0.1) is 0 Å². The number of hydrogen-bond donors (Lipinski definition) is 0. The zero-order chi connectivity index (χ0) is 17.9. The molecule has 5 nitrogen and oxygen atoms in total. The fourth-order valence-electron chi connectivity index (χ4n) is 2.23. The first-order valence-corrected chi connectivity index (χ1v) is 7.41. The Bertz CT molecular complexity index is 890. The Hall–Kier alpha value is -3.03. The Morgan fingerprint density at radius 1 is 1.20 bits per heavy atom. The van der Waals surface area contributed by atoms with Gasteiger partial charge >= 0.3 is 6.36 Å². The highest BCUT2D eigenvalue weighted by Crippen LogP contribution is 2.28. The lowest BCUT2D eigenvalue weighted by Crippen LogP contribution is -2.17. The maximum atomic E-state index is 12.4. The Morgan fingerprint density at radius 3 is 2.80 bits per heavy atom. The molecule has 0 atom stereocenters. The van der Waals surface area contributed by atoms with Crippen LogP contribution in [0.25, 0.3) is 16.9 Å². The third-order valence-corrected chi connectivity index (χ3v) is 3.27. The highest BCUT2D eigenvalue weighted by Gasteiger charge is 2.31. The summed E-state index contributed by atoms with van der Waals surface area (Å²) in [6, 6.07) is 9.04. The van der Waals surface area contributed by atoms with Crippen LogP contribution in [-0.2, 0) is 0 Å². The van der Waals surface area contributed by atoms with Crippen LogP contribution in [0.4, 0.5) is 13.2 Å². The largest absolute Gasteiger partial charge is 0.573 e. The number of aromatic nitrogens is 3. The Balaban J connectivity index is 1.94. The van der Waals surface area contributed by atoms with Crippen LogP contribution in [0.5, 0.6) is 11.6 Å². The van der Waals surface area contributed by atoms with Crippen molar-refractivity contribution < 1.29 is 22.6 Å². The second kappa shape index (κ2) is 6.84. The van der Waals surface area contributed by atoms with Gasteiger partial charge < -0.3 is 9.47 Å². The van der Waals surface area contributed by atoms with Crippen LogP contribution in [0.1, 0.15) is 6.42 Å². The molecule has 0 bridgehead atoms. The third kappa shape index (κ3) is 4.09. The van der Waals surface area contributed by atoms with Crippen LogP contribution < -0.4 is 9.47 Å². The molecule has 3 rings (SSSR count). The molecule has 8 heteroatoms. The predicted octanol–water partition coefficient (Wildman–Crippen LogP) is 4.25. The molecular weight excluding hydrogens is 335 g/mol. The van der Waals surface area contributed by atoms with E-state index in [9.17, 15) is 13.2 Å². The van der Waals surface area contributed by atoms with E-state index < -0.39 is 6.36 Å². The summed E-state index contributed by atoms with van der Waals surface area (Å²) in [7, 11) is 0. The van der Waals surface area contributed by atoms with Crippen molar-refractivity contribution in [2.75, 3.05) is 6.61 Å². The summed E-state index contributed by atoms with van der Waals surface area (Å²) >= 11 is 0. The molecule has 0 aliphatic rings. The quantitative estimate of drug-likeness (QED) is 0.493. The third-order valence-electron chi connectivity index (χ3n) is 3.27. The summed E-state index contributed by atoms with van der Waals surface area (Å²) in [6.07, 6.45) is -0.814. The first-order chi connectivity index (χ1) is 12.0. The molecule has 0 aliphatic carbocycles. The summed E-state index contributed by atoms with van der Waals surface area (Å²) in [5.41, 5.74) is 1.56. The maximum Gasteiger partial charge on any atom is 0.573 e.